The molecule has 188 valence electrons. The van der Waals surface area contributed by atoms with Crippen LogP contribution in [0.15, 0.2) is 35.2 Å². The van der Waals surface area contributed by atoms with Crippen LogP contribution in [0.3, 0.4) is 0 Å². The molecular formula is C20H23F3N2O7S2. The minimum atomic E-state index is -5.08. The Morgan fingerprint density at radius 3 is 1.97 bits per heavy atom. The van der Waals surface area contributed by atoms with Crippen molar-refractivity contribution >= 4 is 39.0 Å². The summed E-state index contributed by atoms with van der Waals surface area (Å²) in [5, 5.41) is 15.6. The number of amides is 1. The molecule has 0 unspecified atom stereocenters. The molecule has 34 heavy (non-hydrogen) atoms. The zero-order chi connectivity index (χ0) is 26.3. The Bertz CT molecular complexity index is 1130. The Kier molecular flexibility index (Phi) is 10.2. The van der Waals surface area contributed by atoms with Gasteiger partial charge in [-0.05, 0) is 36.8 Å². The molecule has 0 spiro atoms. The second kappa shape index (κ2) is 11.9. The lowest BCUT2D eigenvalue weighted by molar-refractivity contribution is -0.192. The molecule has 0 saturated carbocycles. The number of hydrogen-bond donors (Lipinski definition) is 4. The fourth-order valence-electron chi connectivity index (χ4n) is 2.89. The number of fused-ring (bicyclic) bond motifs is 1. The molecule has 1 aromatic carbocycles. The smallest absolute Gasteiger partial charge is 0.480 e. The first kappa shape index (κ1) is 29.1. The predicted octanol–water partition coefficient (Wildman–Crippen LogP) is 2.53. The van der Waals surface area contributed by atoms with E-state index >= 15 is 0 Å². The number of aliphatic carboxylic acids is 2. The highest BCUT2D eigenvalue weighted by Gasteiger charge is 2.38. The molecule has 1 atom stereocenters. The Morgan fingerprint density at radius 2 is 1.56 bits per heavy atom. The Balaban J connectivity index is 0.000000280. The number of halogens is 3. The third-order valence-electron chi connectivity index (χ3n) is 4.38. The van der Waals surface area contributed by atoms with Gasteiger partial charge in [0, 0.05) is 11.1 Å². The fraction of sp³-hybridized carbons (Fsp3) is 0.350. The van der Waals surface area contributed by atoms with Crippen molar-refractivity contribution in [1.82, 2.24) is 0 Å². The van der Waals surface area contributed by atoms with Gasteiger partial charge in [0.25, 0.3) is 5.91 Å². The van der Waals surface area contributed by atoms with E-state index in [9.17, 15) is 31.2 Å². The second-order valence-electron chi connectivity index (χ2n) is 7.04. The van der Waals surface area contributed by atoms with E-state index in [1.54, 1.807) is 24.3 Å². The number of carboxylic acids is 2. The molecule has 0 saturated heterocycles. The third-order valence-corrected chi connectivity index (χ3v) is 7.01. The lowest BCUT2D eigenvalue weighted by Crippen LogP contribution is -2.21. The molecule has 0 bridgehead atoms. The van der Waals surface area contributed by atoms with Gasteiger partial charge in [0.15, 0.2) is 9.84 Å². The second-order valence-corrected chi connectivity index (χ2v) is 10.1. The monoisotopic (exact) mass is 524 g/mol. The topological polar surface area (TPSA) is 178 Å². The zero-order valence-electron chi connectivity index (χ0n) is 17.8. The predicted molar refractivity (Wildman–Crippen MR) is 117 cm³/mol. The summed E-state index contributed by atoms with van der Waals surface area (Å²) in [6, 6.07) is 7.82. The summed E-state index contributed by atoms with van der Waals surface area (Å²) in [6.07, 6.45) is -0.326. The summed E-state index contributed by atoms with van der Waals surface area (Å²) in [5.74, 6) is -4.40. The largest absolute Gasteiger partial charge is 0.490 e. The molecule has 0 aliphatic heterocycles. The van der Waals surface area contributed by atoms with Crippen LogP contribution in [-0.2, 0) is 32.3 Å². The quantitative estimate of drug-likeness (QED) is 0.471. The highest BCUT2D eigenvalue weighted by molar-refractivity contribution is 7.91. The van der Waals surface area contributed by atoms with Crippen molar-refractivity contribution in [2.75, 3.05) is 6.26 Å². The van der Waals surface area contributed by atoms with Crippen LogP contribution >= 0.6 is 11.3 Å². The number of carboxylic acid groups (broad SMARTS) is 2. The van der Waals surface area contributed by atoms with E-state index in [1.807, 2.05) is 6.07 Å². The zero-order valence-corrected chi connectivity index (χ0v) is 19.5. The van der Waals surface area contributed by atoms with Gasteiger partial charge in [-0.15, -0.1) is 11.3 Å². The molecule has 1 aromatic heterocycles. The van der Waals surface area contributed by atoms with Gasteiger partial charge in [0.05, 0.1) is 4.90 Å². The van der Waals surface area contributed by atoms with Gasteiger partial charge in [-0.2, -0.15) is 13.2 Å². The number of alkyl halides is 3. The minimum absolute atomic E-state index is 0.180. The number of primary amides is 1. The highest BCUT2D eigenvalue weighted by atomic mass is 32.2. The van der Waals surface area contributed by atoms with Crippen LogP contribution in [0.1, 0.15) is 44.6 Å². The Morgan fingerprint density at radius 1 is 1.06 bits per heavy atom. The van der Waals surface area contributed by atoms with E-state index in [0.29, 0.717) is 5.56 Å². The molecule has 1 amide bonds. The lowest BCUT2D eigenvalue weighted by Gasteiger charge is -2.11. The summed E-state index contributed by atoms with van der Waals surface area (Å²) >= 11 is 1.24. The van der Waals surface area contributed by atoms with Crippen LogP contribution in [0.25, 0.3) is 0 Å². The normalized spacial score (nSPS) is 13.8. The maximum atomic E-state index is 11.7. The van der Waals surface area contributed by atoms with Gasteiger partial charge in [0.2, 0.25) is 0 Å². The number of carbonyl (C=O) groups excluding carboxylic acids is 1. The summed E-state index contributed by atoms with van der Waals surface area (Å²) < 4.78 is 55.1. The van der Waals surface area contributed by atoms with Crippen LogP contribution in [0.4, 0.5) is 13.2 Å². The van der Waals surface area contributed by atoms with Gasteiger partial charge >= 0.3 is 18.1 Å². The molecular weight excluding hydrogens is 501 g/mol. The van der Waals surface area contributed by atoms with Crippen LogP contribution in [0, 0.1) is 0 Å². The number of nitrogens with two attached hydrogens (primary N) is 2. The van der Waals surface area contributed by atoms with Crippen molar-refractivity contribution < 1.29 is 46.2 Å². The van der Waals surface area contributed by atoms with Crippen LogP contribution in [-0.4, -0.2) is 48.9 Å². The molecule has 9 nitrogen and oxygen atoms in total. The summed E-state index contributed by atoms with van der Waals surface area (Å²) in [4.78, 5) is 31.9. The van der Waals surface area contributed by atoms with Crippen molar-refractivity contribution in [3.05, 3.63) is 51.2 Å². The van der Waals surface area contributed by atoms with Gasteiger partial charge in [0.1, 0.15) is 10.9 Å². The number of aryl methyl sites for hydroxylation is 1. The van der Waals surface area contributed by atoms with Gasteiger partial charge < -0.3 is 21.7 Å². The molecule has 0 radical (unpaired) electrons. The molecule has 1 heterocycles. The highest BCUT2D eigenvalue weighted by Crippen LogP contribution is 2.36. The maximum Gasteiger partial charge on any atom is 0.490 e. The summed E-state index contributed by atoms with van der Waals surface area (Å²) in [5.41, 5.74) is 12.0. The Hall–Kier alpha value is -2.97. The third kappa shape index (κ3) is 8.43. The standard InChI is InChI=1S/C10H13NO3S2.C8H9NO2.C2HF3O2/c1-16(13,14)9-6-4-2-3-5-7(6)15-8(9)10(11)12;9-7(8(10)11)6-4-2-1-3-5-6;3-2(4,5)1(6)7/h2-5H2,1H3,(H2,11,12);1-5,7H,9H2,(H,10,11);(H,6,7)/t;7-;/m.0./s1. The lowest BCUT2D eigenvalue weighted by atomic mass is 9.99. The summed E-state index contributed by atoms with van der Waals surface area (Å²) in [6.45, 7) is 0. The molecule has 1 aliphatic carbocycles. The molecule has 0 fully saturated rings. The van der Waals surface area contributed by atoms with Crippen LogP contribution in [0.2, 0.25) is 0 Å². The first-order valence-electron chi connectivity index (χ1n) is 9.55. The van der Waals surface area contributed by atoms with Crippen LogP contribution in [0.5, 0.6) is 0 Å². The molecule has 2 aromatic rings. The maximum absolute atomic E-state index is 11.7. The number of hydrogen-bond acceptors (Lipinski definition) is 7. The van der Waals surface area contributed by atoms with Crippen LogP contribution < -0.4 is 11.5 Å². The summed E-state index contributed by atoms with van der Waals surface area (Å²) in [7, 11) is -3.37. The van der Waals surface area contributed by atoms with Crippen molar-refractivity contribution in [2.24, 2.45) is 11.5 Å². The fourth-order valence-corrected chi connectivity index (χ4v) is 5.78. The number of carbonyl (C=O) groups is 3. The molecule has 1 aliphatic rings. The van der Waals surface area contributed by atoms with Crippen molar-refractivity contribution in [3.63, 3.8) is 0 Å². The molecule has 14 heteroatoms. The number of benzene rings is 1. The van der Waals surface area contributed by atoms with E-state index in [1.165, 1.54) is 11.3 Å². The number of thiophene rings is 1. The van der Waals surface area contributed by atoms with E-state index in [-0.39, 0.29) is 9.77 Å². The first-order valence-corrected chi connectivity index (χ1v) is 12.3. The van der Waals surface area contributed by atoms with Gasteiger partial charge in [-0.3, -0.25) is 9.59 Å². The number of rotatable bonds is 4. The van der Waals surface area contributed by atoms with E-state index in [4.69, 9.17) is 26.5 Å². The number of sulfone groups is 1. The van der Waals surface area contributed by atoms with Gasteiger partial charge in [-0.25, -0.2) is 13.2 Å². The SMILES string of the molecule is CS(=O)(=O)c1c(C(N)=O)sc2c1CCCC2.N[C@H](C(=O)O)c1ccccc1.O=C(O)C(F)(F)F. The van der Waals surface area contributed by atoms with E-state index < -0.39 is 39.9 Å². The van der Waals surface area contributed by atoms with Crippen molar-refractivity contribution in [1.29, 1.82) is 0 Å². The minimum Gasteiger partial charge on any atom is -0.480 e. The Labute approximate surface area is 197 Å². The van der Waals surface area contributed by atoms with E-state index in [0.717, 1.165) is 42.4 Å². The van der Waals surface area contributed by atoms with Crippen molar-refractivity contribution in [3.8, 4) is 0 Å². The molecule has 6 N–H and O–H groups in total. The van der Waals surface area contributed by atoms with Gasteiger partial charge in [-0.1, -0.05) is 30.3 Å². The van der Waals surface area contributed by atoms with Crippen molar-refractivity contribution in [2.45, 2.75) is 42.8 Å². The first-order chi connectivity index (χ1) is 15.6. The average molecular weight is 525 g/mol. The average Bonchev–Trinajstić information content (AvgIpc) is 3.14. The molecule has 3 rings (SSSR count). The van der Waals surface area contributed by atoms with E-state index in [2.05, 4.69) is 0 Å².